The minimum Gasteiger partial charge on any atom is -0.369 e. The largest absolute Gasteiger partial charge is 0.369 e. The Kier molecular flexibility index (Phi) is 4.68. The van der Waals surface area contributed by atoms with E-state index in [4.69, 9.17) is 0 Å². The minimum atomic E-state index is -3.38. The van der Waals surface area contributed by atoms with Gasteiger partial charge in [-0.3, -0.25) is 0 Å². The molecule has 1 aliphatic heterocycles. The molecule has 0 aromatic heterocycles. The molecular weight excluding hydrogens is 308 g/mol. The Morgan fingerprint density at radius 3 is 2.13 bits per heavy atom. The van der Waals surface area contributed by atoms with Crippen LogP contribution in [0.25, 0.3) is 0 Å². The van der Waals surface area contributed by atoms with E-state index in [0.717, 1.165) is 19.5 Å². The van der Waals surface area contributed by atoms with Crippen molar-refractivity contribution >= 4 is 15.7 Å². The Balaban J connectivity index is 1.74. The van der Waals surface area contributed by atoms with Crippen LogP contribution in [-0.4, -0.2) is 38.9 Å². The van der Waals surface area contributed by atoms with Gasteiger partial charge >= 0.3 is 0 Å². The zero-order valence-corrected chi connectivity index (χ0v) is 14.2. The summed E-state index contributed by atoms with van der Waals surface area (Å²) in [5.41, 5.74) is 2.54. The van der Waals surface area contributed by atoms with Crippen LogP contribution < -0.4 is 4.90 Å². The number of piperazine rings is 1. The number of hydrogen-bond acceptors (Lipinski definition) is 3. The lowest BCUT2D eigenvalue weighted by Crippen LogP contribution is -2.48. The van der Waals surface area contributed by atoms with Crippen LogP contribution in [0.15, 0.2) is 59.5 Å². The summed E-state index contributed by atoms with van der Waals surface area (Å²) in [6, 6.07) is 17.0. The number of benzene rings is 2. The van der Waals surface area contributed by atoms with E-state index in [1.165, 1.54) is 11.3 Å². The molecule has 1 aliphatic rings. The zero-order valence-electron chi connectivity index (χ0n) is 13.4. The molecule has 1 heterocycles. The first-order chi connectivity index (χ1) is 11.1. The monoisotopic (exact) mass is 330 g/mol. The third kappa shape index (κ3) is 3.26. The third-order valence-corrected chi connectivity index (χ3v) is 6.25. The summed E-state index contributed by atoms with van der Waals surface area (Å²) in [6.45, 7) is 4.64. The van der Waals surface area contributed by atoms with E-state index >= 15 is 0 Å². The molecule has 5 heteroatoms. The second-order valence-electron chi connectivity index (χ2n) is 5.69. The van der Waals surface area contributed by atoms with E-state index in [1.807, 2.05) is 12.1 Å². The summed E-state index contributed by atoms with van der Waals surface area (Å²) < 4.78 is 26.9. The van der Waals surface area contributed by atoms with Crippen molar-refractivity contribution in [2.24, 2.45) is 0 Å². The first-order valence-corrected chi connectivity index (χ1v) is 9.45. The van der Waals surface area contributed by atoms with E-state index in [0.29, 0.717) is 18.0 Å². The highest BCUT2D eigenvalue weighted by molar-refractivity contribution is 7.89. The van der Waals surface area contributed by atoms with E-state index in [2.05, 4.69) is 30.0 Å². The molecule has 0 spiro atoms. The van der Waals surface area contributed by atoms with Crippen LogP contribution in [0.5, 0.6) is 0 Å². The topological polar surface area (TPSA) is 40.6 Å². The van der Waals surface area contributed by atoms with Crippen LogP contribution in [0.4, 0.5) is 5.69 Å². The highest BCUT2D eigenvalue weighted by atomic mass is 32.2. The molecule has 0 aliphatic carbocycles. The van der Waals surface area contributed by atoms with Gasteiger partial charge in [0.05, 0.1) is 4.90 Å². The molecule has 2 aromatic carbocycles. The molecule has 0 radical (unpaired) electrons. The van der Waals surface area contributed by atoms with Crippen LogP contribution in [0, 0.1) is 0 Å². The average molecular weight is 330 g/mol. The SMILES string of the molecule is CCc1ccccc1N1CCN(S(=O)(=O)c2ccccc2)CC1. The normalized spacial score (nSPS) is 16.5. The standard InChI is InChI=1S/C18H22N2O2S/c1-2-16-8-6-7-11-18(16)19-12-14-20(15-13-19)23(21,22)17-9-4-3-5-10-17/h3-11H,2,12-15H2,1H3. The van der Waals surface area contributed by atoms with E-state index in [9.17, 15) is 8.42 Å². The quantitative estimate of drug-likeness (QED) is 0.865. The van der Waals surface area contributed by atoms with Crippen molar-refractivity contribution in [3.63, 3.8) is 0 Å². The van der Waals surface area contributed by atoms with Crippen LogP contribution in [0.1, 0.15) is 12.5 Å². The van der Waals surface area contributed by atoms with Crippen molar-refractivity contribution in [1.29, 1.82) is 0 Å². The predicted molar refractivity (Wildman–Crippen MR) is 93.2 cm³/mol. The van der Waals surface area contributed by atoms with Gasteiger partial charge in [-0.15, -0.1) is 0 Å². The number of anilines is 1. The molecule has 4 nitrogen and oxygen atoms in total. The second-order valence-corrected chi connectivity index (χ2v) is 7.62. The number of para-hydroxylation sites is 1. The summed E-state index contributed by atoms with van der Waals surface area (Å²) in [5.74, 6) is 0. The lowest BCUT2D eigenvalue weighted by Gasteiger charge is -2.36. The van der Waals surface area contributed by atoms with Gasteiger partial charge in [0.1, 0.15) is 0 Å². The van der Waals surface area contributed by atoms with Gasteiger partial charge in [-0.1, -0.05) is 43.3 Å². The highest BCUT2D eigenvalue weighted by Gasteiger charge is 2.28. The summed E-state index contributed by atoms with van der Waals surface area (Å²) >= 11 is 0. The maximum Gasteiger partial charge on any atom is 0.243 e. The van der Waals surface area contributed by atoms with Crippen molar-refractivity contribution in [3.8, 4) is 0 Å². The average Bonchev–Trinajstić information content (AvgIpc) is 2.62. The molecule has 0 N–H and O–H groups in total. The summed E-state index contributed by atoms with van der Waals surface area (Å²) in [7, 11) is -3.38. The molecule has 0 unspecified atom stereocenters. The maximum absolute atomic E-state index is 12.7. The number of sulfonamides is 1. The number of aryl methyl sites for hydroxylation is 1. The molecular formula is C18H22N2O2S. The van der Waals surface area contributed by atoms with Crippen molar-refractivity contribution < 1.29 is 8.42 Å². The van der Waals surface area contributed by atoms with Crippen molar-refractivity contribution in [1.82, 2.24) is 4.31 Å². The zero-order chi connectivity index (χ0) is 16.3. The van der Waals surface area contributed by atoms with Gasteiger partial charge in [-0.2, -0.15) is 4.31 Å². The fourth-order valence-corrected chi connectivity index (χ4v) is 4.47. The lowest BCUT2D eigenvalue weighted by molar-refractivity contribution is 0.384. The van der Waals surface area contributed by atoms with Gasteiger partial charge < -0.3 is 4.90 Å². The Hall–Kier alpha value is -1.85. The summed E-state index contributed by atoms with van der Waals surface area (Å²) in [4.78, 5) is 2.66. The predicted octanol–water partition coefficient (Wildman–Crippen LogP) is 2.76. The smallest absolute Gasteiger partial charge is 0.243 e. The molecule has 0 saturated carbocycles. The van der Waals surface area contributed by atoms with Crippen LogP contribution in [-0.2, 0) is 16.4 Å². The molecule has 0 bridgehead atoms. The van der Waals surface area contributed by atoms with Gasteiger partial charge in [-0.05, 0) is 30.2 Å². The highest BCUT2D eigenvalue weighted by Crippen LogP contribution is 2.24. The summed E-state index contributed by atoms with van der Waals surface area (Å²) in [6.07, 6.45) is 0.985. The summed E-state index contributed by atoms with van der Waals surface area (Å²) in [5, 5.41) is 0. The number of rotatable bonds is 4. The van der Waals surface area contributed by atoms with Gasteiger partial charge in [0, 0.05) is 31.9 Å². The van der Waals surface area contributed by atoms with Crippen molar-refractivity contribution in [2.75, 3.05) is 31.1 Å². The lowest BCUT2D eigenvalue weighted by atomic mass is 10.1. The molecule has 3 rings (SSSR count). The minimum absolute atomic E-state index is 0.377. The Morgan fingerprint density at radius 1 is 0.870 bits per heavy atom. The molecule has 122 valence electrons. The first kappa shape index (κ1) is 16.0. The van der Waals surface area contributed by atoms with Gasteiger partial charge in [-0.25, -0.2) is 8.42 Å². The van der Waals surface area contributed by atoms with Crippen molar-refractivity contribution in [3.05, 3.63) is 60.2 Å². The Labute approximate surface area is 138 Å². The fraction of sp³-hybridized carbons (Fsp3) is 0.333. The van der Waals surface area contributed by atoms with Gasteiger partial charge in [0.25, 0.3) is 0 Å². The van der Waals surface area contributed by atoms with Crippen LogP contribution >= 0.6 is 0 Å². The maximum atomic E-state index is 12.7. The van der Waals surface area contributed by atoms with E-state index in [1.54, 1.807) is 28.6 Å². The van der Waals surface area contributed by atoms with Crippen LogP contribution in [0.3, 0.4) is 0 Å². The molecule has 1 fully saturated rings. The number of hydrogen-bond donors (Lipinski definition) is 0. The molecule has 0 atom stereocenters. The van der Waals surface area contributed by atoms with Crippen LogP contribution in [0.2, 0.25) is 0 Å². The number of nitrogens with zero attached hydrogens (tertiary/aromatic N) is 2. The first-order valence-electron chi connectivity index (χ1n) is 8.01. The van der Waals surface area contributed by atoms with E-state index in [-0.39, 0.29) is 0 Å². The third-order valence-electron chi connectivity index (χ3n) is 4.33. The molecule has 1 saturated heterocycles. The fourth-order valence-electron chi connectivity index (χ4n) is 3.03. The molecule has 23 heavy (non-hydrogen) atoms. The van der Waals surface area contributed by atoms with Crippen molar-refractivity contribution in [2.45, 2.75) is 18.2 Å². The Morgan fingerprint density at radius 2 is 1.48 bits per heavy atom. The van der Waals surface area contributed by atoms with E-state index < -0.39 is 10.0 Å². The van der Waals surface area contributed by atoms with Gasteiger partial charge in [0.15, 0.2) is 0 Å². The Bertz CT molecular complexity index is 752. The molecule has 2 aromatic rings. The van der Waals surface area contributed by atoms with Gasteiger partial charge in [0.2, 0.25) is 10.0 Å². The molecule has 0 amide bonds. The second kappa shape index (κ2) is 6.72.